The van der Waals surface area contributed by atoms with Crippen LogP contribution in [0.4, 0.5) is 5.95 Å². The SMILES string of the molecule is CCN(CC)CCNCCCNc1nnc2c(n1)c(=O)n(C)c(=O)n2Cc1cccnc1. The van der Waals surface area contributed by atoms with E-state index in [9.17, 15) is 9.59 Å². The molecule has 0 radical (unpaired) electrons. The molecule has 11 heteroatoms. The number of pyridine rings is 1. The third-order valence-electron chi connectivity index (χ3n) is 5.33. The average Bonchev–Trinajstić information content (AvgIpc) is 2.83. The van der Waals surface area contributed by atoms with Crippen LogP contribution in [0.25, 0.3) is 11.2 Å². The smallest absolute Gasteiger partial charge is 0.332 e. The zero-order chi connectivity index (χ0) is 22.9. The van der Waals surface area contributed by atoms with E-state index in [1.165, 1.54) is 11.6 Å². The van der Waals surface area contributed by atoms with Crippen molar-refractivity contribution in [3.8, 4) is 0 Å². The summed E-state index contributed by atoms with van der Waals surface area (Å²) in [6, 6.07) is 3.64. The van der Waals surface area contributed by atoms with Crippen LogP contribution in [-0.4, -0.2) is 73.5 Å². The van der Waals surface area contributed by atoms with Crippen LogP contribution in [0.1, 0.15) is 25.8 Å². The van der Waals surface area contributed by atoms with Gasteiger partial charge in [-0.25, -0.2) is 9.78 Å². The quantitative estimate of drug-likeness (QED) is 0.376. The highest BCUT2D eigenvalue weighted by atomic mass is 16.2. The van der Waals surface area contributed by atoms with Crippen molar-refractivity contribution >= 4 is 17.1 Å². The van der Waals surface area contributed by atoms with Crippen molar-refractivity contribution < 1.29 is 0 Å². The van der Waals surface area contributed by atoms with Gasteiger partial charge in [-0.05, 0) is 37.7 Å². The molecular formula is C21H31N9O2. The number of fused-ring (bicyclic) bond motifs is 1. The van der Waals surface area contributed by atoms with Crippen molar-refractivity contribution in [1.82, 2.24) is 39.5 Å². The van der Waals surface area contributed by atoms with Crippen LogP contribution in [-0.2, 0) is 13.6 Å². The monoisotopic (exact) mass is 441 g/mol. The van der Waals surface area contributed by atoms with E-state index >= 15 is 0 Å². The Morgan fingerprint density at radius 3 is 2.62 bits per heavy atom. The van der Waals surface area contributed by atoms with Crippen molar-refractivity contribution in [2.75, 3.05) is 44.6 Å². The largest absolute Gasteiger partial charge is 0.353 e. The van der Waals surface area contributed by atoms with Gasteiger partial charge in [-0.3, -0.25) is 18.9 Å². The van der Waals surface area contributed by atoms with Gasteiger partial charge in [0.15, 0.2) is 11.2 Å². The minimum absolute atomic E-state index is 0.103. The van der Waals surface area contributed by atoms with Gasteiger partial charge < -0.3 is 15.5 Å². The molecule has 0 unspecified atom stereocenters. The molecule has 0 aliphatic rings. The zero-order valence-corrected chi connectivity index (χ0v) is 18.9. The first-order chi connectivity index (χ1) is 15.5. The molecule has 0 atom stereocenters. The molecule has 2 N–H and O–H groups in total. The van der Waals surface area contributed by atoms with E-state index in [0.29, 0.717) is 6.54 Å². The maximum Gasteiger partial charge on any atom is 0.332 e. The van der Waals surface area contributed by atoms with Crippen LogP contribution in [0.15, 0.2) is 34.1 Å². The number of nitrogens with one attached hydrogen (secondary N) is 2. The van der Waals surface area contributed by atoms with E-state index in [-0.39, 0.29) is 23.7 Å². The van der Waals surface area contributed by atoms with Gasteiger partial charge in [0.05, 0.1) is 6.54 Å². The Bertz CT molecular complexity index is 1120. The van der Waals surface area contributed by atoms with Crippen molar-refractivity contribution in [3.05, 3.63) is 50.9 Å². The summed E-state index contributed by atoms with van der Waals surface area (Å²) < 4.78 is 2.42. The maximum atomic E-state index is 12.7. The van der Waals surface area contributed by atoms with Gasteiger partial charge in [-0.1, -0.05) is 19.9 Å². The Kier molecular flexibility index (Phi) is 8.40. The molecule has 32 heavy (non-hydrogen) atoms. The van der Waals surface area contributed by atoms with Crippen molar-refractivity contribution in [1.29, 1.82) is 0 Å². The molecule has 0 saturated heterocycles. The first-order valence-electron chi connectivity index (χ1n) is 10.9. The summed E-state index contributed by atoms with van der Waals surface area (Å²) in [7, 11) is 1.43. The normalized spacial score (nSPS) is 11.4. The number of hydrogen-bond donors (Lipinski definition) is 2. The van der Waals surface area contributed by atoms with Gasteiger partial charge in [0, 0.05) is 39.1 Å². The summed E-state index contributed by atoms with van der Waals surface area (Å²) in [5.41, 5.74) is 0.103. The van der Waals surface area contributed by atoms with Gasteiger partial charge in [-0.2, -0.15) is 0 Å². The minimum atomic E-state index is -0.497. The van der Waals surface area contributed by atoms with E-state index in [1.807, 2.05) is 6.07 Å². The highest BCUT2D eigenvalue weighted by molar-refractivity contribution is 5.69. The molecule has 0 fully saturated rings. The van der Waals surface area contributed by atoms with Gasteiger partial charge in [-0.15, -0.1) is 10.2 Å². The number of nitrogens with zero attached hydrogens (tertiary/aromatic N) is 7. The molecule has 11 nitrogen and oxygen atoms in total. The van der Waals surface area contributed by atoms with Crippen molar-refractivity contribution in [2.24, 2.45) is 7.05 Å². The first-order valence-corrected chi connectivity index (χ1v) is 10.9. The van der Waals surface area contributed by atoms with E-state index < -0.39 is 11.2 Å². The van der Waals surface area contributed by atoms with Crippen LogP contribution < -0.4 is 21.9 Å². The lowest BCUT2D eigenvalue weighted by atomic mass is 10.3. The van der Waals surface area contributed by atoms with Crippen LogP contribution in [0, 0.1) is 0 Å². The molecule has 3 aromatic rings. The Labute approximate surface area is 186 Å². The summed E-state index contributed by atoms with van der Waals surface area (Å²) in [6.07, 6.45) is 4.19. The topological polar surface area (TPSA) is 123 Å². The average molecular weight is 442 g/mol. The lowest BCUT2D eigenvalue weighted by Crippen LogP contribution is -2.39. The van der Waals surface area contributed by atoms with Gasteiger partial charge in [0.2, 0.25) is 5.95 Å². The highest BCUT2D eigenvalue weighted by Gasteiger charge is 2.15. The van der Waals surface area contributed by atoms with E-state index in [0.717, 1.165) is 49.3 Å². The van der Waals surface area contributed by atoms with Crippen molar-refractivity contribution in [3.63, 3.8) is 0 Å². The van der Waals surface area contributed by atoms with Crippen molar-refractivity contribution in [2.45, 2.75) is 26.8 Å². The Morgan fingerprint density at radius 1 is 1.09 bits per heavy atom. The molecule has 0 aliphatic carbocycles. The number of hydrogen-bond acceptors (Lipinski definition) is 9. The van der Waals surface area contributed by atoms with Crippen LogP contribution in [0.2, 0.25) is 0 Å². The lowest BCUT2D eigenvalue weighted by molar-refractivity contribution is 0.302. The summed E-state index contributed by atoms with van der Waals surface area (Å²) in [6.45, 7) is 10.1. The van der Waals surface area contributed by atoms with E-state index in [2.05, 4.69) is 49.5 Å². The van der Waals surface area contributed by atoms with E-state index in [1.54, 1.807) is 18.5 Å². The second kappa shape index (κ2) is 11.4. The molecule has 0 aliphatic heterocycles. The molecule has 172 valence electrons. The second-order valence-electron chi connectivity index (χ2n) is 7.46. The molecule has 0 saturated carbocycles. The fourth-order valence-electron chi connectivity index (χ4n) is 3.37. The van der Waals surface area contributed by atoms with Crippen LogP contribution in [0.5, 0.6) is 0 Å². The van der Waals surface area contributed by atoms with Crippen LogP contribution in [0.3, 0.4) is 0 Å². The predicted octanol–water partition coefficient (Wildman–Crippen LogP) is 0.0619. The van der Waals surface area contributed by atoms with Gasteiger partial charge in [0.1, 0.15) is 0 Å². The predicted molar refractivity (Wildman–Crippen MR) is 124 cm³/mol. The van der Waals surface area contributed by atoms with E-state index in [4.69, 9.17) is 0 Å². The van der Waals surface area contributed by atoms with Gasteiger partial charge in [0.25, 0.3) is 5.56 Å². The molecule has 3 rings (SSSR count). The molecule has 0 aromatic carbocycles. The molecule has 0 bridgehead atoms. The minimum Gasteiger partial charge on any atom is -0.353 e. The standard InChI is InChI=1S/C21H31N9O2/c1-4-29(5-2)13-12-22-10-7-11-24-20-25-17-18(26-27-20)30(21(32)28(3)19(17)31)15-16-8-6-9-23-14-16/h6,8-9,14,22H,4-5,7,10-13,15H2,1-3H3,(H,24,25,27). The Balaban J connectivity index is 1.65. The summed E-state index contributed by atoms with van der Waals surface area (Å²) in [5.74, 6) is 0.268. The number of rotatable bonds is 12. The highest BCUT2D eigenvalue weighted by Crippen LogP contribution is 2.07. The summed E-state index contributed by atoms with van der Waals surface area (Å²) in [5, 5.41) is 14.7. The fourth-order valence-corrected chi connectivity index (χ4v) is 3.37. The lowest BCUT2D eigenvalue weighted by Gasteiger charge is -2.17. The fraction of sp³-hybridized carbons (Fsp3) is 0.524. The number of aromatic nitrogens is 6. The molecule has 0 spiro atoms. The molecule has 3 heterocycles. The third kappa shape index (κ3) is 5.74. The molecule has 3 aromatic heterocycles. The Hall–Kier alpha value is -3.18. The first kappa shape index (κ1) is 23.5. The summed E-state index contributed by atoms with van der Waals surface area (Å²) in [4.78, 5) is 36.1. The zero-order valence-electron chi connectivity index (χ0n) is 18.9. The van der Waals surface area contributed by atoms with Crippen LogP contribution >= 0.6 is 0 Å². The molecule has 0 amide bonds. The number of likely N-dealkylation sites (N-methyl/N-ethyl adjacent to an activating group) is 1. The third-order valence-corrected chi connectivity index (χ3v) is 5.33. The van der Waals surface area contributed by atoms with Gasteiger partial charge >= 0.3 is 5.69 Å². The summed E-state index contributed by atoms with van der Waals surface area (Å²) >= 11 is 0. The second-order valence-corrected chi connectivity index (χ2v) is 7.46. The Morgan fingerprint density at radius 2 is 1.91 bits per heavy atom. The maximum absolute atomic E-state index is 12.7. The molecular weight excluding hydrogens is 410 g/mol. The number of anilines is 1.